The second-order valence-electron chi connectivity index (χ2n) is 3.78. The molecule has 0 aliphatic carbocycles. The molecule has 3 aromatic rings. The zero-order valence-corrected chi connectivity index (χ0v) is 9.49. The van der Waals surface area contributed by atoms with E-state index in [0.717, 1.165) is 5.39 Å². The Hall–Kier alpha value is -2.00. The first kappa shape index (κ1) is 10.2. The predicted molar refractivity (Wildman–Crippen MR) is 69.4 cm³/mol. The lowest BCUT2D eigenvalue weighted by atomic mass is 10.1. The highest BCUT2D eigenvalue weighted by atomic mass is 35.5. The predicted octanol–water partition coefficient (Wildman–Crippen LogP) is 3.18. The maximum Gasteiger partial charge on any atom is 0.344 e. The van der Waals surface area contributed by atoms with Gasteiger partial charge in [-0.25, -0.2) is 4.79 Å². The Balaban J connectivity index is 2.71. The molecule has 0 radical (unpaired) electrons. The van der Waals surface area contributed by atoms with Gasteiger partial charge in [0.1, 0.15) is 5.58 Å². The van der Waals surface area contributed by atoms with E-state index in [0.29, 0.717) is 27.1 Å². The summed E-state index contributed by atoms with van der Waals surface area (Å²) < 4.78 is 5.22. The largest absolute Gasteiger partial charge is 0.422 e. The Morgan fingerprint density at radius 1 is 1.06 bits per heavy atom. The number of fused-ring (bicyclic) bond motifs is 3. The lowest BCUT2D eigenvalue weighted by molar-refractivity contribution is 0.570. The minimum absolute atomic E-state index is 0.367. The summed E-state index contributed by atoms with van der Waals surface area (Å²) in [5, 5.41) is 2.37. The number of halogens is 1. The molecule has 1 aromatic heterocycles. The first-order chi connectivity index (χ1) is 8.18. The average molecular weight is 246 g/mol. The van der Waals surface area contributed by atoms with E-state index in [9.17, 15) is 4.79 Å². The highest BCUT2D eigenvalue weighted by Gasteiger charge is 2.11. The maximum atomic E-state index is 11.7. The van der Waals surface area contributed by atoms with Crippen molar-refractivity contribution < 1.29 is 4.42 Å². The molecular formula is C13H8ClNO2. The van der Waals surface area contributed by atoms with E-state index in [-0.39, 0.29) is 5.63 Å². The van der Waals surface area contributed by atoms with Crippen LogP contribution in [-0.4, -0.2) is 0 Å². The summed E-state index contributed by atoms with van der Waals surface area (Å²) in [5.41, 5.74) is 6.32. The molecule has 1 heterocycles. The third-order valence-corrected chi connectivity index (χ3v) is 3.16. The number of nitrogens with two attached hydrogens (primary N) is 1. The second-order valence-corrected chi connectivity index (χ2v) is 4.15. The van der Waals surface area contributed by atoms with Gasteiger partial charge in [-0.3, -0.25) is 0 Å². The van der Waals surface area contributed by atoms with Gasteiger partial charge < -0.3 is 10.2 Å². The highest BCUT2D eigenvalue weighted by molar-refractivity contribution is 6.39. The molecule has 0 fully saturated rings. The maximum absolute atomic E-state index is 11.7. The van der Waals surface area contributed by atoms with Gasteiger partial charge in [-0.05, 0) is 18.2 Å². The first-order valence-corrected chi connectivity index (χ1v) is 5.46. The summed E-state index contributed by atoms with van der Waals surface area (Å²) in [7, 11) is 0. The molecule has 0 aliphatic heterocycles. The molecule has 0 saturated carbocycles. The van der Waals surface area contributed by atoms with Crippen LogP contribution in [0.15, 0.2) is 45.6 Å². The minimum Gasteiger partial charge on any atom is -0.422 e. The van der Waals surface area contributed by atoms with E-state index >= 15 is 0 Å². The number of rotatable bonds is 0. The van der Waals surface area contributed by atoms with E-state index in [1.165, 1.54) is 0 Å². The van der Waals surface area contributed by atoms with Crippen LogP contribution in [0.5, 0.6) is 0 Å². The molecule has 4 heteroatoms. The fraction of sp³-hybridized carbons (Fsp3) is 0. The van der Waals surface area contributed by atoms with Crippen molar-refractivity contribution in [2.24, 2.45) is 0 Å². The Morgan fingerprint density at radius 2 is 1.76 bits per heavy atom. The van der Waals surface area contributed by atoms with Crippen molar-refractivity contribution in [1.29, 1.82) is 0 Å². The summed E-state index contributed by atoms with van der Waals surface area (Å²) in [6.45, 7) is 0. The van der Waals surface area contributed by atoms with Crippen molar-refractivity contribution in [1.82, 2.24) is 0 Å². The van der Waals surface area contributed by atoms with Crippen LogP contribution in [-0.2, 0) is 0 Å². The van der Waals surface area contributed by atoms with Crippen LogP contribution in [0.1, 0.15) is 0 Å². The van der Waals surface area contributed by atoms with Crippen LogP contribution >= 0.6 is 11.6 Å². The fourth-order valence-electron chi connectivity index (χ4n) is 1.94. The van der Waals surface area contributed by atoms with Gasteiger partial charge in [0.15, 0.2) is 0 Å². The van der Waals surface area contributed by atoms with Gasteiger partial charge in [0.25, 0.3) is 0 Å². The molecule has 3 rings (SSSR count). The van der Waals surface area contributed by atoms with E-state index in [4.69, 9.17) is 21.8 Å². The van der Waals surface area contributed by atoms with Crippen molar-refractivity contribution in [3.05, 3.63) is 51.8 Å². The topological polar surface area (TPSA) is 56.2 Å². The highest BCUT2D eigenvalue weighted by Crippen LogP contribution is 2.33. The monoisotopic (exact) mass is 245 g/mol. The quantitative estimate of drug-likeness (QED) is 0.376. The summed E-state index contributed by atoms with van der Waals surface area (Å²) in [6.07, 6.45) is 0. The van der Waals surface area contributed by atoms with Gasteiger partial charge in [0, 0.05) is 10.8 Å². The number of hydrogen-bond acceptors (Lipinski definition) is 3. The van der Waals surface area contributed by atoms with Gasteiger partial charge in [0.05, 0.1) is 16.1 Å². The van der Waals surface area contributed by atoms with Crippen molar-refractivity contribution in [2.75, 3.05) is 5.73 Å². The van der Waals surface area contributed by atoms with Crippen LogP contribution in [0.25, 0.3) is 21.7 Å². The Labute approximate surface area is 101 Å². The van der Waals surface area contributed by atoms with Gasteiger partial charge >= 0.3 is 5.63 Å². The molecule has 0 unspecified atom stereocenters. The summed E-state index contributed by atoms with van der Waals surface area (Å²) >= 11 is 6.17. The van der Waals surface area contributed by atoms with Gasteiger partial charge in [-0.1, -0.05) is 29.8 Å². The first-order valence-electron chi connectivity index (χ1n) is 5.08. The summed E-state index contributed by atoms with van der Waals surface area (Å²) in [4.78, 5) is 11.7. The zero-order valence-electron chi connectivity index (χ0n) is 8.74. The van der Waals surface area contributed by atoms with Crippen LogP contribution in [0.4, 0.5) is 5.69 Å². The Kier molecular flexibility index (Phi) is 2.09. The normalized spacial score (nSPS) is 11.1. The molecule has 3 nitrogen and oxygen atoms in total. The van der Waals surface area contributed by atoms with E-state index < -0.39 is 0 Å². The number of benzene rings is 2. The van der Waals surface area contributed by atoms with Crippen LogP contribution in [0.3, 0.4) is 0 Å². The second kappa shape index (κ2) is 3.50. The summed E-state index contributed by atoms with van der Waals surface area (Å²) in [6, 6.07) is 10.5. The van der Waals surface area contributed by atoms with E-state index in [1.807, 2.05) is 12.1 Å². The molecule has 0 saturated heterocycles. The molecule has 0 aliphatic rings. The smallest absolute Gasteiger partial charge is 0.344 e. The van der Waals surface area contributed by atoms with Gasteiger partial charge in [-0.2, -0.15) is 0 Å². The third kappa shape index (κ3) is 1.40. The van der Waals surface area contributed by atoms with Gasteiger partial charge in [0.2, 0.25) is 0 Å². The lowest BCUT2D eigenvalue weighted by Crippen LogP contribution is -2.00. The number of nitrogen functional groups attached to an aromatic ring is 1. The van der Waals surface area contributed by atoms with Gasteiger partial charge in [-0.15, -0.1) is 0 Å². The molecule has 0 amide bonds. The minimum atomic E-state index is -0.367. The molecule has 2 aromatic carbocycles. The van der Waals surface area contributed by atoms with Crippen molar-refractivity contribution >= 4 is 39.0 Å². The van der Waals surface area contributed by atoms with E-state index in [2.05, 4.69) is 0 Å². The summed E-state index contributed by atoms with van der Waals surface area (Å²) in [5.74, 6) is 0. The number of anilines is 1. The molecule has 84 valence electrons. The van der Waals surface area contributed by atoms with Crippen LogP contribution < -0.4 is 11.4 Å². The molecular weight excluding hydrogens is 238 g/mol. The molecule has 2 N–H and O–H groups in total. The van der Waals surface area contributed by atoms with Crippen molar-refractivity contribution in [2.45, 2.75) is 0 Å². The standard InChI is InChI=1S/C13H8ClNO2/c14-12-9(15)5-6-10-11(12)7-3-1-2-4-8(7)13(16)17-10/h1-6H,15H2. The molecule has 0 spiro atoms. The van der Waals surface area contributed by atoms with E-state index in [1.54, 1.807) is 24.3 Å². The molecule has 0 bridgehead atoms. The number of hydrogen-bond donors (Lipinski definition) is 1. The fourth-order valence-corrected chi connectivity index (χ4v) is 2.20. The Bertz CT molecular complexity index is 792. The molecule has 0 atom stereocenters. The van der Waals surface area contributed by atoms with Crippen LogP contribution in [0, 0.1) is 0 Å². The SMILES string of the molecule is Nc1ccc2oc(=O)c3ccccc3c2c1Cl. The Morgan fingerprint density at radius 3 is 2.53 bits per heavy atom. The third-order valence-electron chi connectivity index (χ3n) is 2.75. The van der Waals surface area contributed by atoms with Crippen molar-refractivity contribution in [3.63, 3.8) is 0 Å². The van der Waals surface area contributed by atoms with Crippen LogP contribution in [0.2, 0.25) is 5.02 Å². The van der Waals surface area contributed by atoms with Crippen molar-refractivity contribution in [3.8, 4) is 0 Å². The molecule has 17 heavy (non-hydrogen) atoms. The average Bonchev–Trinajstić information content (AvgIpc) is 2.34. The zero-order chi connectivity index (χ0) is 12.0. The lowest BCUT2D eigenvalue weighted by Gasteiger charge is -2.05.